The van der Waals surface area contributed by atoms with Gasteiger partial charge in [0, 0.05) is 6.08 Å². The molecule has 1 aromatic rings. The van der Waals surface area contributed by atoms with Gasteiger partial charge in [-0.1, -0.05) is 45.9 Å². The summed E-state index contributed by atoms with van der Waals surface area (Å²) < 4.78 is 6.33. The molecule has 0 bridgehead atoms. The molecule has 0 radical (unpaired) electrons. The summed E-state index contributed by atoms with van der Waals surface area (Å²) in [6.07, 6.45) is 3.61. The van der Waals surface area contributed by atoms with Crippen molar-refractivity contribution in [2.45, 2.75) is 58.2 Å². The Morgan fingerprint density at radius 2 is 2.00 bits per heavy atom. The van der Waals surface area contributed by atoms with E-state index in [2.05, 4.69) is 52.9 Å². The van der Waals surface area contributed by atoms with Gasteiger partial charge in [-0.3, -0.25) is 0 Å². The molecule has 1 N–H and O–H groups in total. The van der Waals surface area contributed by atoms with E-state index in [0.29, 0.717) is 6.42 Å². The lowest BCUT2D eigenvalue weighted by molar-refractivity contribution is -0.131. The molecule has 1 unspecified atom stereocenters. The predicted octanol–water partition coefficient (Wildman–Crippen LogP) is 5.21. The Hall–Kier alpha value is -1.55. The van der Waals surface area contributed by atoms with Crippen molar-refractivity contribution in [3.05, 3.63) is 42.0 Å². The van der Waals surface area contributed by atoms with Crippen LogP contribution in [0.15, 0.2) is 36.4 Å². The van der Waals surface area contributed by atoms with Crippen LogP contribution in [0.4, 0.5) is 0 Å². The third-order valence-electron chi connectivity index (χ3n) is 4.36. The van der Waals surface area contributed by atoms with E-state index in [4.69, 9.17) is 9.53 Å². The fourth-order valence-corrected chi connectivity index (χ4v) is 2.86. The molecule has 0 saturated heterocycles. The maximum atomic E-state index is 10.5. The molecular formula is C18H28O3Si. The van der Waals surface area contributed by atoms with E-state index in [1.54, 1.807) is 6.08 Å². The van der Waals surface area contributed by atoms with E-state index in [9.17, 15) is 4.79 Å². The molecule has 0 saturated carbocycles. The Labute approximate surface area is 135 Å². The largest absolute Gasteiger partial charge is 0.543 e. The van der Waals surface area contributed by atoms with Gasteiger partial charge in [-0.05, 0) is 48.2 Å². The van der Waals surface area contributed by atoms with Gasteiger partial charge in [0.1, 0.15) is 5.75 Å². The van der Waals surface area contributed by atoms with Crippen LogP contribution in [0.2, 0.25) is 18.1 Å². The minimum absolute atomic E-state index is 0.166. The smallest absolute Gasteiger partial charge is 0.327 e. The minimum Gasteiger partial charge on any atom is -0.543 e. The van der Waals surface area contributed by atoms with Crippen molar-refractivity contribution >= 4 is 14.3 Å². The Kier molecular flexibility index (Phi) is 6.00. The van der Waals surface area contributed by atoms with Gasteiger partial charge < -0.3 is 9.53 Å². The summed E-state index contributed by atoms with van der Waals surface area (Å²) in [7, 11) is -1.84. The van der Waals surface area contributed by atoms with Gasteiger partial charge >= 0.3 is 5.97 Å². The normalized spacial score (nSPS) is 14.1. The molecule has 0 aliphatic rings. The highest BCUT2D eigenvalue weighted by atomic mass is 28.4. The van der Waals surface area contributed by atoms with Crippen LogP contribution in [-0.4, -0.2) is 19.4 Å². The second kappa shape index (κ2) is 7.14. The zero-order valence-electron chi connectivity index (χ0n) is 14.5. The van der Waals surface area contributed by atoms with Gasteiger partial charge in [0.15, 0.2) is 0 Å². The number of carbonyl (C=O) groups is 1. The molecule has 1 rings (SSSR count). The van der Waals surface area contributed by atoms with Gasteiger partial charge in [0.25, 0.3) is 0 Å². The average molecular weight is 321 g/mol. The lowest BCUT2D eigenvalue weighted by Gasteiger charge is -2.36. The predicted molar refractivity (Wildman–Crippen MR) is 94.1 cm³/mol. The van der Waals surface area contributed by atoms with Gasteiger partial charge in [-0.2, -0.15) is 0 Å². The number of rotatable bonds is 6. The SMILES string of the molecule is CC(CC=CC(=O)O)c1cccc(O[Si](C)(C)C(C)(C)C)c1. The van der Waals surface area contributed by atoms with Gasteiger partial charge in [-0.25, -0.2) is 4.79 Å². The van der Waals surface area contributed by atoms with E-state index in [-0.39, 0.29) is 11.0 Å². The first-order chi connectivity index (χ1) is 10.0. The van der Waals surface area contributed by atoms with E-state index < -0.39 is 14.3 Å². The standard InChI is InChI=1S/C18H28O3Si/c1-14(9-7-12-17(19)20)15-10-8-11-16(13-15)21-22(5,6)18(2,3)4/h7-8,10-14H,9H2,1-6H3,(H,19,20). The molecule has 0 amide bonds. The van der Waals surface area contributed by atoms with Crippen molar-refractivity contribution in [2.24, 2.45) is 0 Å². The Morgan fingerprint density at radius 1 is 1.36 bits per heavy atom. The summed E-state index contributed by atoms with van der Waals surface area (Å²) in [4.78, 5) is 10.5. The molecule has 0 aromatic heterocycles. The summed E-state index contributed by atoms with van der Waals surface area (Å²) in [5.41, 5.74) is 1.17. The number of allylic oxidation sites excluding steroid dienone is 1. The lowest BCUT2D eigenvalue weighted by Crippen LogP contribution is -2.43. The molecule has 22 heavy (non-hydrogen) atoms. The number of carboxylic acid groups (broad SMARTS) is 1. The first kappa shape index (κ1) is 18.5. The maximum absolute atomic E-state index is 10.5. The number of hydrogen-bond donors (Lipinski definition) is 1. The molecule has 0 spiro atoms. The molecular weight excluding hydrogens is 292 g/mol. The highest BCUT2D eigenvalue weighted by molar-refractivity contribution is 6.74. The summed E-state index contributed by atoms with van der Waals surface area (Å²) >= 11 is 0. The fraction of sp³-hybridized carbons (Fsp3) is 0.500. The molecule has 122 valence electrons. The molecule has 1 aromatic carbocycles. The molecule has 1 atom stereocenters. The van der Waals surface area contributed by atoms with Gasteiger partial charge in [-0.15, -0.1) is 0 Å². The fourth-order valence-electron chi connectivity index (χ4n) is 1.84. The summed E-state index contributed by atoms with van der Waals surface area (Å²) in [5.74, 6) is 0.277. The van der Waals surface area contributed by atoms with Crippen molar-refractivity contribution in [1.29, 1.82) is 0 Å². The van der Waals surface area contributed by atoms with Gasteiger partial charge in [0.05, 0.1) is 0 Å². The summed E-state index contributed by atoms with van der Waals surface area (Å²) in [6, 6.07) is 8.16. The van der Waals surface area contributed by atoms with Crippen LogP contribution >= 0.6 is 0 Å². The van der Waals surface area contributed by atoms with E-state index in [1.165, 1.54) is 11.6 Å². The number of benzene rings is 1. The van der Waals surface area contributed by atoms with Crippen LogP contribution < -0.4 is 4.43 Å². The van der Waals surface area contributed by atoms with Crippen molar-refractivity contribution < 1.29 is 14.3 Å². The van der Waals surface area contributed by atoms with E-state index in [1.807, 2.05) is 12.1 Å². The quantitative estimate of drug-likeness (QED) is 0.578. The maximum Gasteiger partial charge on any atom is 0.327 e. The van der Waals surface area contributed by atoms with Crippen LogP contribution in [0, 0.1) is 0 Å². The first-order valence-electron chi connectivity index (χ1n) is 7.71. The Bertz CT molecular complexity index is 542. The van der Waals surface area contributed by atoms with Crippen LogP contribution in [0.3, 0.4) is 0 Å². The van der Waals surface area contributed by atoms with Crippen LogP contribution in [0.25, 0.3) is 0 Å². The van der Waals surface area contributed by atoms with Crippen LogP contribution in [0.5, 0.6) is 5.75 Å². The molecule has 3 nitrogen and oxygen atoms in total. The van der Waals surface area contributed by atoms with Crippen molar-refractivity contribution in [2.75, 3.05) is 0 Å². The molecule has 0 aliphatic carbocycles. The van der Waals surface area contributed by atoms with Crippen LogP contribution in [-0.2, 0) is 4.79 Å². The zero-order chi connectivity index (χ0) is 17.0. The highest BCUT2D eigenvalue weighted by Crippen LogP contribution is 2.37. The minimum atomic E-state index is -1.84. The first-order valence-corrected chi connectivity index (χ1v) is 10.6. The number of hydrogen-bond acceptors (Lipinski definition) is 2. The van der Waals surface area contributed by atoms with Gasteiger partial charge in [0.2, 0.25) is 8.32 Å². The monoisotopic (exact) mass is 320 g/mol. The average Bonchev–Trinajstić information content (AvgIpc) is 2.36. The highest BCUT2D eigenvalue weighted by Gasteiger charge is 2.38. The Balaban J connectivity index is 2.84. The van der Waals surface area contributed by atoms with E-state index >= 15 is 0 Å². The second-order valence-electron chi connectivity index (χ2n) is 7.31. The topological polar surface area (TPSA) is 46.5 Å². The molecule has 4 heteroatoms. The summed E-state index contributed by atoms with van der Waals surface area (Å²) in [6.45, 7) is 13.2. The summed E-state index contributed by atoms with van der Waals surface area (Å²) in [5, 5.41) is 8.81. The van der Waals surface area contributed by atoms with Crippen molar-refractivity contribution in [1.82, 2.24) is 0 Å². The Morgan fingerprint density at radius 3 is 2.55 bits per heavy atom. The second-order valence-corrected chi connectivity index (χ2v) is 12.0. The van der Waals surface area contributed by atoms with Crippen molar-refractivity contribution in [3.63, 3.8) is 0 Å². The number of carboxylic acids is 1. The van der Waals surface area contributed by atoms with Crippen LogP contribution in [0.1, 0.15) is 45.6 Å². The third kappa shape index (κ3) is 5.33. The number of aliphatic carboxylic acids is 1. The zero-order valence-corrected chi connectivity index (χ0v) is 15.5. The van der Waals surface area contributed by atoms with Crippen molar-refractivity contribution in [3.8, 4) is 5.75 Å². The molecule has 0 aliphatic heterocycles. The molecule has 0 heterocycles. The van der Waals surface area contributed by atoms with E-state index in [0.717, 1.165) is 5.75 Å². The molecule has 0 fully saturated rings. The third-order valence-corrected chi connectivity index (χ3v) is 8.71. The lowest BCUT2D eigenvalue weighted by atomic mass is 9.97.